The third kappa shape index (κ3) is 3.54. The molecule has 0 atom stereocenters. The Bertz CT molecular complexity index is 597. The lowest BCUT2D eigenvalue weighted by atomic mass is 10.0. The molecule has 1 aliphatic rings. The molecule has 118 valence electrons. The highest BCUT2D eigenvalue weighted by Crippen LogP contribution is 2.19. The molecule has 0 saturated carbocycles. The van der Waals surface area contributed by atoms with Gasteiger partial charge in [-0.05, 0) is 43.1 Å². The van der Waals surface area contributed by atoms with Crippen LogP contribution in [0, 0.1) is 0 Å². The molecule has 1 fully saturated rings. The van der Waals surface area contributed by atoms with Gasteiger partial charge in [0.25, 0.3) is 0 Å². The second-order valence-electron chi connectivity index (χ2n) is 6.27. The SMILES string of the molecule is CC(C)c1cccc(-n2nncc2CN2CCCNCC2)c1. The summed E-state index contributed by atoms with van der Waals surface area (Å²) in [7, 11) is 0. The zero-order valence-electron chi connectivity index (χ0n) is 13.5. The van der Waals surface area contributed by atoms with Gasteiger partial charge in [0.2, 0.25) is 0 Å². The van der Waals surface area contributed by atoms with E-state index in [-0.39, 0.29) is 0 Å². The van der Waals surface area contributed by atoms with E-state index in [9.17, 15) is 0 Å². The van der Waals surface area contributed by atoms with E-state index in [4.69, 9.17) is 0 Å². The molecule has 1 aromatic heterocycles. The van der Waals surface area contributed by atoms with Crippen LogP contribution in [0.25, 0.3) is 5.69 Å². The molecule has 0 unspecified atom stereocenters. The van der Waals surface area contributed by atoms with Crippen LogP contribution in [0.4, 0.5) is 0 Å². The van der Waals surface area contributed by atoms with Crippen molar-refractivity contribution in [3.8, 4) is 5.69 Å². The van der Waals surface area contributed by atoms with E-state index in [0.29, 0.717) is 5.92 Å². The summed E-state index contributed by atoms with van der Waals surface area (Å²) >= 11 is 0. The van der Waals surface area contributed by atoms with Crippen LogP contribution < -0.4 is 5.32 Å². The van der Waals surface area contributed by atoms with Gasteiger partial charge in [-0.1, -0.05) is 31.2 Å². The third-order valence-corrected chi connectivity index (χ3v) is 4.22. The summed E-state index contributed by atoms with van der Waals surface area (Å²) in [5.41, 5.74) is 3.59. The van der Waals surface area contributed by atoms with E-state index >= 15 is 0 Å². The van der Waals surface area contributed by atoms with Crippen molar-refractivity contribution in [2.24, 2.45) is 0 Å². The fourth-order valence-electron chi connectivity index (χ4n) is 2.89. The van der Waals surface area contributed by atoms with Gasteiger partial charge < -0.3 is 5.32 Å². The third-order valence-electron chi connectivity index (χ3n) is 4.22. The average Bonchev–Trinajstić information content (AvgIpc) is 2.83. The van der Waals surface area contributed by atoms with Crippen LogP contribution in [0.5, 0.6) is 0 Å². The molecule has 1 saturated heterocycles. The second kappa shape index (κ2) is 7.03. The van der Waals surface area contributed by atoms with Crippen LogP contribution in [0.1, 0.15) is 37.4 Å². The maximum atomic E-state index is 4.30. The van der Waals surface area contributed by atoms with Gasteiger partial charge in [-0.25, -0.2) is 4.68 Å². The summed E-state index contributed by atoms with van der Waals surface area (Å²) in [4.78, 5) is 2.47. The van der Waals surface area contributed by atoms with Crippen molar-refractivity contribution in [1.82, 2.24) is 25.2 Å². The summed E-state index contributed by atoms with van der Waals surface area (Å²) in [6.45, 7) is 9.72. The molecule has 0 bridgehead atoms. The Morgan fingerprint density at radius 3 is 3.00 bits per heavy atom. The van der Waals surface area contributed by atoms with Gasteiger partial charge in [0.1, 0.15) is 0 Å². The molecule has 1 N–H and O–H groups in total. The first-order valence-corrected chi connectivity index (χ1v) is 8.17. The molecule has 3 rings (SSSR count). The van der Waals surface area contributed by atoms with E-state index in [1.165, 1.54) is 12.0 Å². The molecular weight excluding hydrogens is 274 g/mol. The summed E-state index contributed by atoms with van der Waals surface area (Å²) in [6.07, 6.45) is 3.09. The lowest BCUT2D eigenvalue weighted by Gasteiger charge is -2.19. The molecule has 1 aliphatic heterocycles. The predicted octanol–water partition coefficient (Wildman–Crippen LogP) is 2.19. The minimum Gasteiger partial charge on any atom is -0.315 e. The minimum absolute atomic E-state index is 0.517. The molecule has 22 heavy (non-hydrogen) atoms. The Hall–Kier alpha value is -1.72. The second-order valence-corrected chi connectivity index (χ2v) is 6.27. The predicted molar refractivity (Wildman–Crippen MR) is 88.2 cm³/mol. The lowest BCUT2D eigenvalue weighted by molar-refractivity contribution is 0.278. The van der Waals surface area contributed by atoms with Crippen molar-refractivity contribution < 1.29 is 0 Å². The first-order chi connectivity index (χ1) is 10.7. The highest BCUT2D eigenvalue weighted by molar-refractivity contribution is 5.37. The van der Waals surface area contributed by atoms with Gasteiger partial charge in [-0.2, -0.15) is 0 Å². The zero-order valence-corrected chi connectivity index (χ0v) is 13.5. The van der Waals surface area contributed by atoms with Crippen LogP contribution in [0.2, 0.25) is 0 Å². The van der Waals surface area contributed by atoms with Crippen molar-refractivity contribution >= 4 is 0 Å². The Morgan fingerprint density at radius 2 is 2.14 bits per heavy atom. The van der Waals surface area contributed by atoms with Gasteiger partial charge in [0.05, 0.1) is 17.6 Å². The fourth-order valence-corrected chi connectivity index (χ4v) is 2.89. The van der Waals surface area contributed by atoms with Crippen LogP contribution in [0.3, 0.4) is 0 Å². The standard InChI is InChI=1S/C17H25N5/c1-14(2)15-5-3-6-16(11-15)22-17(12-19-20-22)13-21-9-4-7-18-8-10-21/h3,5-6,11-12,14,18H,4,7-10,13H2,1-2H3. The molecule has 5 nitrogen and oxygen atoms in total. The number of nitrogens with zero attached hydrogens (tertiary/aromatic N) is 4. The molecule has 2 aromatic rings. The van der Waals surface area contributed by atoms with Crippen LogP contribution in [0.15, 0.2) is 30.5 Å². The topological polar surface area (TPSA) is 46.0 Å². The van der Waals surface area contributed by atoms with Crippen LogP contribution in [-0.2, 0) is 6.54 Å². The molecule has 0 spiro atoms. The normalized spacial score (nSPS) is 16.9. The van der Waals surface area contributed by atoms with E-state index in [0.717, 1.165) is 44.1 Å². The molecule has 2 heterocycles. The number of rotatable bonds is 4. The smallest absolute Gasteiger partial charge is 0.0786 e. The van der Waals surface area contributed by atoms with Crippen molar-refractivity contribution in [3.63, 3.8) is 0 Å². The Morgan fingerprint density at radius 1 is 1.23 bits per heavy atom. The van der Waals surface area contributed by atoms with E-state index in [2.05, 4.69) is 58.6 Å². The van der Waals surface area contributed by atoms with Crippen molar-refractivity contribution in [1.29, 1.82) is 0 Å². The summed E-state index contributed by atoms with van der Waals surface area (Å²) < 4.78 is 1.98. The highest BCUT2D eigenvalue weighted by Gasteiger charge is 2.14. The van der Waals surface area contributed by atoms with E-state index < -0.39 is 0 Å². The monoisotopic (exact) mass is 299 g/mol. The molecule has 5 heteroatoms. The Labute approximate surface area is 132 Å². The molecule has 0 amide bonds. The Balaban J connectivity index is 1.80. The highest BCUT2D eigenvalue weighted by atomic mass is 15.4. The first-order valence-electron chi connectivity index (χ1n) is 8.17. The van der Waals surface area contributed by atoms with E-state index in [1.54, 1.807) is 0 Å². The molecule has 0 radical (unpaired) electrons. The molecular formula is C17H25N5. The van der Waals surface area contributed by atoms with Gasteiger partial charge in [-0.15, -0.1) is 5.10 Å². The molecule has 0 aliphatic carbocycles. The number of aromatic nitrogens is 3. The van der Waals surface area contributed by atoms with Crippen LogP contribution >= 0.6 is 0 Å². The summed E-state index contributed by atoms with van der Waals surface area (Å²) in [5, 5.41) is 11.9. The van der Waals surface area contributed by atoms with Gasteiger partial charge in [-0.3, -0.25) is 4.90 Å². The lowest BCUT2D eigenvalue weighted by Crippen LogP contribution is -2.28. The summed E-state index contributed by atoms with van der Waals surface area (Å²) in [5.74, 6) is 0.517. The maximum absolute atomic E-state index is 4.30. The van der Waals surface area contributed by atoms with Crippen LogP contribution in [-0.4, -0.2) is 46.1 Å². The fraction of sp³-hybridized carbons (Fsp3) is 0.529. The number of hydrogen-bond donors (Lipinski definition) is 1. The number of hydrogen-bond acceptors (Lipinski definition) is 4. The Kier molecular flexibility index (Phi) is 4.85. The largest absolute Gasteiger partial charge is 0.315 e. The van der Waals surface area contributed by atoms with Crippen molar-refractivity contribution in [2.75, 3.05) is 26.2 Å². The number of benzene rings is 1. The van der Waals surface area contributed by atoms with E-state index in [1.807, 2.05) is 10.9 Å². The average molecular weight is 299 g/mol. The minimum atomic E-state index is 0.517. The summed E-state index contributed by atoms with van der Waals surface area (Å²) in [6, 6.07) is 8.60. The van der Waals surface area contributed by atoms with Gasteiger partial charge in [0, 0.05) is 19.6 Å². The van der Waals surface area contributed by atoms with Gasteiger partial charge in [0.15, 0.2) is 0 Å². The first kappa shape index (κ1) is 15.2. The number of nitrogens with one attached hydrogen (secondary N) is 1. The maximum Gasteiger partial charge on any atom is 0.0786 e. The van der Waals surface area contributed by atoms with Crippen molar-refractivity contribution in [3.05, 3.63) is 41.7 Å². The van der Waals surface area contributed by atoms with Gasteiger partial charge >= 0.3 is 0 Å². The quantitative estimate of drug-likeness (QED) is 0.940. The zero-order chi connectivity index (χ0) is 15.4. The molecule has 1 aromatic carbocycles. The van der Waals surface area contributed by atoms with Crippen molar-refractivity contribution in [2.45, 2.75) is 32.7 Å².